The van der Waals surface area contributed by atoms with Crippen molar-refractivity contribution in [3.63, 3.8) is 0 Å². The van der Waals surface area contributed by atoms with Crippen LogP contribution in [-0.2, 0) is 11.3 Å². The number of nitrogens with zero attached hydrogens (tertiary/aromatic N) is 1. The number of halogens is 1. The van der Waals surface area contributed by atoms with Gasteiger partial charge in [0.05, 0.1) is 13.2 Å². The monoisotopic (exact) mass is 320 g/mol. The number of hydrogen-bond acceptors (Lipinski definition) is 3. The smallest absolute Gasteiger partial charge is 0.317 e. The number of carbonyl (C=O) groups is 1. The van der Waals surface area contributed by atoms with Crippen LogP contribution in [0.15, 0.2) is 41.1 Å². The molecular weight excluding hydrogens is 303 g/mol. The molecule has 22 heavy (non-hydrogen) atoms. The predicted molar refractivity (Wildman–Crippen MR) is 83.2 cm³/mol. The van der Waals surface area contributed by atoms with E-state index in [1.54, 1.807) is 22.3 Å². The van der Waals surface area contributed by atoms with Crippen LogP contribution in [-0.4, -0.2) is 30.6 Å². The van der Waals surface area contributed by atoms with Crippen molar-refractivity contribution < 1.29 is 13.9 Å². The summed E-state index contributed by atoms with van der Waals surface area (Å²) in [6.45, 7) is 1.94. The molecule has 1 fully saturated rings. The molecule has 4 nitrogen and oxygen atoms in total. The lowest BCUT2D eigenvalue weighted by Gasteiger charge is -2.33. The Hall–Kier alpha value is -1.92. The molecule has 0 spiro atoms. The number of rotatable bonds is 3. The van der Waals surface area contributed by atoms with Crippen LogP contribution >= 0.6 is 11.3 Å². The van der Waals surface area contributed by atoms with Gasteiger partial charge in [0.1, 0.15) is 11.9 Å². The molecule has 3 rings (SSSR count). The van der Waals surface area contributed by atoms with Gasteiger partial charge < -0.3 is 15.0 Å². The molecule has 1 N–H and O–H groups in total. The fourth-order valence-electron chi connectivity index (χ4n) is 2.42. The summed E-state index contributed by atoms with van der Waals surface area (Å²) in [5, 5.41) is 6.89. The third-order valence-electron chi connectivity index (χ3n) is 3.60. The average molecular weight is 320 g/mol. The van der Waals surface area contributed by atoms with Crippen molar-refractivity contribution in [2.24, 2.45) is 0 Å². The van der Waals surface area contributed by atoms with E-state index in [1.165, 1.54) is 12.1 Å². The van der Waals surface area contributed by atoms with E-state index in [0.29, 0.717) is 26.2 Å². The van der Waals surface area contributed by atoms with E-state index < -0.39 is 0 Å². The van der Waals surface area contributed by atoms with Crippen LogP contribution < -0.4 is 5.32 Å². The number of urea groups is 1. The van der Waals surface area contributed by atoms with E-state index in [-0.39, 0.29) is 18.0 Å². The second-order valence-corrected chi connectivity index (χ2v) is 5.93. The van der Waals surface area contributed by atoms with E-state index in [0.717, 1.165) is 11.1 Å². The predicted octanol–water partition coefficient (Wildman–Crippen LogP) is 3.17. The highest BCUT2D eigenvalue weighted by atomic mass is 32.1. The van der Waals surface area contributed by atoms with Gasteiger partial charge in [0.25, 0.3) is 0 Å². The molecule has 116 valence electrons. The van der Waals surface area contributed by atoms with E-state index in [1.807, 2.05) is 22.9 Å². The molecule has 0 unspecified atom stereocenters. The molecule has 1 aliphatic heterocycles. The highest BCUT2D eigenvalue weighted by Crippen LogP contribution is 2.22. The van der Waals surface area contributed by atoms with Crippen molar-refractivity contribution >= 4 is 17.4 Å². The molecule has 2 amide bonds. The molecule has 6 heteroatoms. The lowest BCUT2D eigenvalue weighted by Crippen LogP contribution is -2.46. The second-order valence-electron chi connectivity index (χ2n) is 5.15. The van der Waals surface area contributed by atoms with Crippen molar-refractivity contribution in [1.29, 1.82) is 0 Å². The van der Waals surface area contributed by atoms with Crippen molar-refractivity contribution in [3.05, 3.63) is 58.0 Å². The molecule has 0 radical (unpaired) electrons. The zero-order valence-electron chi connectivity index (χ0n) is 12.0. The van der Waals surface area contributed by atoms with Gasteiger partial charge in [-0.25, -0.2) is 9.18 Å². The largest absolute Gasteiger partial charge is 0.370 e. The summed E-state index contributed by atoms with van der Waals surface area (Å²) < 4.78 is 19.0. The maximum Gasteiger partial charge on any atom is 0.317 e. The Kier molecular flexibility index (Phi) is 4.70. The summed E-state index contributed by atoms with van der Waals surface area (Å²) in [6.07, 6.45) is -0.281. The molecule has 1 aromatic carbocycles. The first-order chi connectivity index (χ1) is 10.7. The zero-order valence-corrected chi connectivity index (χ0v) is 12.8. The van der Waals surface area contributed by atoms with Gasteiger partial charge in [-0.1, -0.05) is 12.1 Å². The van der Waals surface area contributed by atoms with E-state index >= 15 is 0 Å². The number of thiophene rings is 1. The van der Waals surface area contributed by atoms with Gasteiger partial charge in [0.2, 0.25) is 0 Å². The Labute approximate surface area is 132 Å². The molecule has 1 saturated heterocycles. The maximum absolute atomic E-state index is 13.3. The van der Waals surface area contributed by atoms with Gasteiger partial charge in [-0.15, -0.1) is 0 Å². The molecule has 2 heterocycles. The molecule has 1 aromatic heterocycles. The van der Waals surface area contributed by atoms with Gasteiger partial charge in [0.15, 0.2) is 0 Å². The molecule has 1 aliphatic rings. The third-order valence-corrected chi connectivity index (χ3v) is 4.33. The van der Waals surface area contributed by atoms with Gasteiger partial charge in [-0.05, 0) is 40.1 Å². The summed E-state index contributed by atoms with van der Waals surface area (Å²) in [6, 6.07) is 8.20. The molecule has 0 bridgehead atoms. The van der Waals surface area contributed by atoms with Crippen molar-refractivity contribution in [2.45, 2.75) is 12.6 Å². The van der Waals surface area contributed by atoms with Crippen molar-refractivity contribution in [3.8, 4) is 0 Å². The van der Waals surface area contributed by atoms with Crippen molar-refractivity contribution in [2.75, 3.05) is 19.7 Å². The van der Waals surface area contributed by atoms with Crippen LogP contribution in [0.5, 0.6) is 0 Å². The van der Waals surface area contributed by atoms with E-state index in [4.69, 9.17) is 4.74 Å². The Morgan fingerprint density at radius 2 is 2.36 bits per heavy atom. The van der Waals surface area contributed by atoms with Gasteiger partial charge in [-0.3, -0.25) is 0 Å². The highest BCUT2D eigenvalue weighted by molar-refractivity contribution is 7.07. The number of nitrogens with one attached hydrogen (secondary N) is 1. The third kappa shape index (κ3) is 3.64. The summed E-state index contributed by atoms with van der Waals surface area (Å²) >= 11 is 1.61. The Bertz CT molecular complexity index is 633. The summed E-state index contributed by atoms with van der Waals surface area (Å²) in [7, 11) is 0. The van der Waals surface area contributed by atoms with Crippen LogP contribution in [0.3, 0.4) is 0 Å². The standard InChI is InChI=1S/C16H17FN2O2S/c17-14-3-1-2-13(8-14)15-10-19(5-6-21-15)16(20)18-9-12-4-7-22-11-12/h1-4,7-8,11,15H,5-6,9-10H2,(H,18,20)/t15-/m1/s1. The zero-order chi connectivity index (χ0) is 15.4. The van der Waals surface area contributed by atoms with Gasteiger partial charge in [0, 0.05) is 13.1 Å². The van der Waals surface area contributed by atoms with Crippen LogP contribution in [0.25, 0.3) is 0 Å². The number of amides is 2. The van der Waals surface area contributed by atoms with Gasteiger partial charge >= 0.3 is 6.03 Å². The topological polar surface area (TPSA) is 41.6 Å². The molecular formula is C16H17FN2O2S. The van der Waals surface area contributed by atoms with Crippen molar-refractivity contribution in [1.82, 2.24) is 10.2 Å². The Balaban J connectivity index is 1.59. The Morgan fingerprint density at radius 1 is 1.45 bits per heavy atom. The minimum Gasteiger partial charge on any atom is -0.370 e. The quantitative estimate of drug-likeness (QED) is 0.944. The van der Waals surface area contributed by atoms with Crippen LogP contribution in [0, 0.1) is 5.82 Å². The summed E-state index contributed by atoms with van der Waals surface area (Å²) in [5.41, 5.74) is 1.85. The molecule has 0 aliphatic carbocycles. The Morgan fingerprint density at radius 3 is 3.14 bits per heavy atom. The fraction of sp³-hybridized carbons (Fsp3) is 0.312. The van der Waals surface area contributed by atoms with Crippen LogP contribution in [0.1, 0.15) is 17.2 Å². The number of morpholine rings is 1. The molecule has 2 aromatic rings. The number of carbonyl (C=O) groups excluding carboxylic acids is 1. The van der Waals surface area contributed by atoms with Crippen LogP contribution in [0.4, 0.5) is 9.18 Å². The second kappa shape index (κ2) is 6.89. The molecule has 1 atom stereocenters. The minimum absolute atomic E-state index is 0.115. The lowest BCUT2D eigenvalue weighted by atomic mass is 10.1. The first-order valence-electron chi connectivity index (χ1n) is 7.13. The SMILES string of the molecule is O=C(NCc1ccsc1)N1CCO[C@@H](c2cccc(F)c2)C1. The van der Waals surface area contributed by atoms with E-state index in [9.17, 15) is 9.18 Å². The summed E-state index contributed by atoms with van der Waals surface area (Å²) in [4.78, 5) is 13.9. The number of hydrogen-bond donors (Lipinski definition) is 1. The highest BCUT2D eigenvalue weighted by Gasteiger charge is 2.25. The number of benzene rings is 1. The van der Waals surface area contributed by atoms with Crippen LogP contribution in [0.2, 0.25) is 0 Å². The maximum atomic E-state index is 13.3. The molecule has 0 saturated carbocycles. The number of ether oxygens (including phenoxy) is 1. The first kappa shape index (κ1) is 15.0. The minimum atomic E-state index is -0.292. The summed E-state index contributed by atoms with van der Waals surface area (Å²) in [5.74, 6) is -0.292. The van der Waals surface area contributed by atoms with Gasteiger partial charge in [-0.2, -0.15) is 11.3 Å². The lowest BCUT2D eigenvalue weighted by molar-refractivity contribution is -0.0156. The van der Waals surface area contributed by atoms with E-state index in [2.05, 4.69) is 5.32 Å². The fourth-order valence-corrected chi connectivity index (χ4v) is 3.09. The normalized spacial score (nSPS) is 18.2. The first-order valence-corrected chi connectivity index (χ1v) is 8.07. The average Bonchev–Trinajstić information content (AvgIpc) is 3.06.